The summed E-state index contributed by atoms with van der Waals surface area (Å²) in [5.41, 5.74) is 8.54. The van der Waals surface area contributed by atoms with E-state index >= 15 is 0 Å². The van der Waals surface area contributed by atoms with Crippen molar-refractivity contribution in [2.45, 2.75) is 25.4 Å². The lowest BCUT2D eigenvalue weighted by atomic mass is 10.2. The fraction of sp³-hybridized carbons (Fsp3) is 0.533. The van der Waals surface area contributed by atoms with Gasteiger partial charge in [0.05, 0.1) is 17.1 Å². The van der Waals surface area contributed by atoms with Gasteiger partial charge in [0.1, 0.15) is 5.82 Å². The van der Waals surface area contributed by atoms with Crippen LogP contribution in [0.5, 0.6) is 0 Å². The van der Waals surface area contributed by atoms with Gasteiger partial charge in [-0.1, -0.05) is 0 Å². The highest BCUT2D eigenvalue weighted by Gasteiger charge is 2.17. The Balaban J connectivity index is 1.56. The number of ether oxygens (including phenoxy) is 1. The number of nitrogen functional groups attached to an aromatic ring is 1. The van der Waals surface area contributed by atoms with E-state index in [4.69, 9.17) is 10.5 Å². The molecular weight excluding hydrogens is 252 g/mol. The van der Waals surface area contributed by atoms with Crippen molar-refractivity contribution in [1.82, 2.24) is 14.9 Å². The molecule has 0 spiro atoms. The summed E-state index contributed by atoms with van der Waals surface area (Å²) in [5.74, 6) is 1.02. The van der Waals surface area contributed by atoms with E-state index in [-0.39, 0.29) is 0 Å². The Morgan fingerprint density at radius 1 is 1.50 bits per heavy atom. The third kappa shape index (κ3) is 3.11. The van der Waals surface area contributed by atoms with Crippen LogP contribution >= 0.6 is 0 Å². The molecule has 1 atom stereocenters. The highest BCUT2D eigenvalue weighted by molar-refractivity contribution is 5.78. The molecule has 5 nitrogen and oxygen atoms in total. The number of hydrogen-bond donors (Lipinski definition) is 2. The van der Waals surface area contributed by atoms with Crippen LogP contribution in [0.2, 0.25) is 0 Å². The number of hydrogen-bond acceptors (Lipinski definition) is 4. The highest BCUT2D eigenvalue weighted by Crippen LogP contribution is 2.16. The molecule has 1 aliphatic rings. The average molecular weight is 274 g/mol. The zero-order valence-electron chi connectivity index (χ0n) is 11.9. The largest absolute Gasteiger partial charge is 0.399 e. The molecule has 5 heteroatoms. The van der Waals surface area contributed by atoms with Crippen LogP contribution < -0.4 is 5.73 Å². The molecule has 3 rings (SSSR count). The Bertz CT molecular complexity index is 574. The Morgan fingerprint density at radius 3 is 3.20 bits per heavy atom. The van der Waals surface area contributed by atoms with E-state index in [1.54, 1.807) is 0 Å². The van der Waals surface area contributed by atoms with Gasteiger partial charge in [0.15, 0.2) is 0 Å². The van der Waals surface area contributed by atoms with E-state index < -0.39 is 0 Å². The van der Waals surface area contributed by atoms with Gasteiger partial charge in [-0.2, -0.15) is 0 Å². The second-order valence-corrected chi connectivity index (χ2v) is 5.61. The number of aromatic nitrogens is 2. The monoisotopic (exact) mass is 274 g/mol. The smallest absolute Gasteiger partial charge is 0.108 e. The van der Waals surface area contributed by atoms with Gasteiger partial charge >= 0.3 is 0 Å². The van der Waals surface area contributed by atoms with Gasteiger partial charge in [-0.05, 0) is 38.1 Å². The van der Waals surface area contributed by atoms with Crippen molar-refractivity contribution in [2.24, 2.45) is 0 Å². The maximum Gasteiger partial charge on any atom is 0.108 e. The van der Waals surface area contributed by atoms with Crippen LogP contribution in [0, 0.1) is 0 Å². The van der Waals surface area contributed by atoms with E-state index in [2.05, 4.69) is 21.9 Å². The summed E-state index contributed by atoms with van der Waals surface area (Å²) < 4.78 is 5.66. The summed E-state index contributed by atoms with van der Waals surface area (Å²) in [6.07, 6.45) is 3.71. The number of anilines is 1. The van der Waals surface area contributed by atoms with Crippen molar-refractivity contribution in [3.05, 3.63) is 24.0 Å². The first-order valence-corrected chi connectivity index (χ1v) is 7.25. The number of nitrogens with zero attached hydrogens (tertiary/aromatic N) is 2. The second kappa shape index (κ2) is 5.81. The van der Waals surface area contributed by atoms with Gasteiger partial charge < -0.3 is 20.4 Å². The maximum absolute atomic E-state index is 5.78. The number of likely N-dealkylation sites (N-methyl/N-ethyl adjacent to an activating group) is 1. The van der Waals surface area contributed by atoms with Crippen molar-refractivity contribution < 1.29 is 4.74 Å². The average Bonchev–Trinajstić information content (AvgIpc) is 3.04. The van der Waals surface area contributed by atoms with Crippen LogP contribution in [-0.2, 0) is 11.2 Å². The number of aromatic amines is 1. The van der Waals surface area contributed by atoms with Crippen LogP contribution in [-0.4, -0.2) is 47.7 Å². The first-order valence-electron chi connectivity index (χ1n) is 7.25. The van der Waals surface area contributed by atoms with Gasteiger partial charge in [0, 0.05) is 31.8 Å². The van der Waals surface area contributed by atoms with E-state index in [0.29, 0.717) is 6.10 Å². The molecular formula is C15H22N4O. The van der Waals surface area contributed by atoms with Crippen LogP contribution in [0.25, 0.3) is 11.0 Å². The number of nitrogens with one attached hydrogen (secondary N) is 1. The van der Waals surface area contributed by atoms with Crippen LogP contribution in [0.4, 0.5) is 5.69 Å². The SMILES string of the molecule is CN(CCc1nc2ccc(N)cc2[nH]1)CC1CCCO1. The first kappa shape index (κ1) is 13.4. The number of benzene rings is 1. The summed E-state index contributed by atoms with van der Waals surface area (Å²) in [4.78, 5) is 10.2. The fourth-order valence-corrected chi connectivity index (χ4v) is 2.72. The lowest BCUT2D eigenvalue weighted by Gasteiger charge is -2.19. The molecule has 0 amide bonds. The third-order valence-electron chi connectivity index (χ3n) is 3.82. The topological polar surface area (TPSA) is 67.2 Å². The van der Waals surface area contributed by atoms with E-state index in [1.807, 2.05) is 18.2 Å². The van der Waals surface area contributed by atoms with Gasteiger partial charge in [-0.15, -0.1) is 0 Å². The van der Waals surface area contributed by atoms with Crippen molar-refractivity contribution >= 4 is 16.7 Å². The highest BCUT2D eigenvalue weighted by atomic mass is 16.5. The summed E-state index contributed by atoms with van der Waals surface area (Å²) in [6.45, 7) is 2.91. The predicted molar refractivity (Wildman–Crippen MR) is 80.7 cm³/mol. The molecule has 1 fully saturated rings. The van der Waals surface area contributed by atoms with Crippen LogP contribution in [0.15, 0.2) is 18.2 Å². The van der Waals surface area contributed by atoms with E-state index in [9.17, 15) is 0 Å². The van der Waals surface area contributed by atoms with Gasteiger partial charge in [0.25, 0.3) is 0 Å². The molecule has 1 unspecified atom stereocenters. The fourth-order valence-electron chi connectivity index (χ4n) is 2.72. The van der Waals surface area contributed by atoms with Crippen molar-refractivity contribution in [1.29, 1.82) is 0 Å². The Hall–Kier alpha value is -1.59. The predicted octanol–water partition coefficient (Wildman–Crippen LogP) is 1.80. The van der Waals surface area contributed by atoms with Crippen LogP contribution in [0.1, 0.15) is 18.7 Å². The molecule has 1 aromatic heterocycles. The van der Waals surface area contributed by atoms with E-state index in [1.165, 1.54) is 12.8 Å². The van der Waals surface area contributed by atoms with Crippen molar-refractivity contribution in [3.63, 3.8) is 0 Å². The molecule has 1 saturated heterocycles. The minimum atomic E-state index is 0.412. The van der Waals surface area contributed by atoms with Crippen molar-refractivity contribution in [2.75, 3.05) is 32.5 Å². The van der Waals surface area contributed by atoms with Crippen LogP contribution in [0.3, 0.4) is 0 Å². The number of fused-ring (bicyclic) bond motifs is 1. The minimum Gasteiger partial charge on any atom is -0.399 e. The number of rotatable bonds is 5. The standard InChI is InChI=1S/C15H22N4O/c1-19(10-12-3-2-8-20-12)7-6-15-17-13-5-4-11(16)9-14(13)18-15/h4-5,9,12H,2-3,6-8,10,16H2,1H3,(H,17,18). The molecule has 2 heterocycles. The third-order valence-corrected chi connectivity index (χ3v) is 3.82. The van der Waals surface area contributed by atoms with Gasteiger partial charge in [0.2, 0.25) is 0 Å². The number of H-pyrrole nitrogens is 1. The summed E-state index contributed by atoms with van der Waals surface area (Å²) in [6, 6.07) is 5.78. The van der Waals surface area contributed by atoms with Crippen molar-refractivity contribution in [3.8, 4) is 0 Å². The molecule has 0 radical (unpaired) electrons. The zero-order valence-corrected chi connectivity index (χ0v) is 11.9. The molecule has 1 aliphatic heterocycles. The second-order valence-electron chi connectivity index (χ2n) is 5.61. The Labute approximate surface area is 119 Å². The molecule has 2 aromatic rings. The molecule has 108 valence electrons. The van der Waals surface area contributed by atoms with E-state index in [0.717, 1.165) is 48.7 Å². The molecule has 1 aromatic carbocycles. The first-order chi connectivity index (χ1) is 9.70. The Kier molecular flexibility index (Phi) is 3.89. The lowest BCUT2D eigenvalue weighted by Crippen LogP contribution is -2.30. The quantitative estimate of drug-likeness (QED) is 0.816. The maximum atomic E-state index is 5.78. The number of nitrogens with two attached hydrogens (primary N) is 1. The zero-order chi connectivity index (χ0) is 13.9. The molecule has 20 heavy (non-hydrogen) atoms. The number of imidazole rings is 1. The summed E-state index contributed by atoms with van der Waals surface area (Å²) >= 11 is 0. The van der Waals surface area contributed by atoms with Gasteiger partial charge in [-0.25, -0.2) is 4.98 Å². The minimum absolute atomic E-state index is 0.412. The summed E-state index contributed by atoms with van der Waals surface area (Å²) in [7, 11) is 2.14. The molecule has 3 N–H and O–H groups in total. The lowest BCUT2D eigenvalue weighted by molar-refractivity contribution is 0.0814. The summed E-state index contributed by atoms with van der Waals surface area (Å²) in [5, 5.41) is 0. The molecule has 0 bridgehead atoms. The molecule has 0 saturated carbocycles. The van der Waals surface area contributed by atoms with Gasteiger partial charge in [-0.3, -0.25) is 0 Å². The normalized spacial score (nSPS) is 19.2. The molecule has 0 aliphatic carbocycles. The Morgan fingerprint density at radius 2 is 2.40 bits per heavy atom.